The molecule has 0 unspecified atom stereocenters. The van der Waals surface area contributed by atoms with E-state index in [2.05, 4.69) is 11.4 Å². The quantitative estimate of drug-likeness (QED) is 0.713. The Balaban J connectivity index is 2.19. The third-order valence-corrected chi connectivity index (χ3v) is 2.23. The molecule has 0 aliphatic carbocycles. The van der Waals surface area contributed by atoms with Gasteiger partial charge in [-0.2, -0.15) is 5.26 Å². The van der Waals surface area contributed by atoms with Gasteiger partial charge in [0.15, 0.2) is 0 Å². The summed E-state index contributed by atoms with van der Waals surface area (Å²) >= 11 is 0. The average Bonchev–Trinajstić information content (AvgIpc) is 2.34. The topological polar surface area (TPSA) is 45.0 Å². The first-order chi connectivity index (χ1) is 7.86. The Bertz CT molecular complexity index is 344. The van der Waals surface area contributed by atoms with Crippen LogP contribution in [0.15, 0.2) is 24.3 Å². The number of nitriles is 1. The number of benzene rings is 1. The summed E-state index contributed by atoms with van der Waals surface area (Å²) in [7, 11) is 0. The molecule has 86 valence electrons. The molecule has 0 saturated heterocycles. The molecular weight excluding hydrogens is 200 g/mol. The summed E-state index contributed by atoms with van der Waals surface area (Å²) in [5, 5.41) is 12.1. The first-order valence-corrected chi connectivity index (χ1v) is 5.64. The van der Waals surface area contributed by atoms with Crippen LogP contribution in [0.5, 0.6) is 0 Å². The maximum Gasteiger partial charge on any atom is 0.0991 e. The van der Waals surface area contributed by atoms with Crippen molar-refractivity contribution in [2.24, 2.45) is 0 Å². The van der Waals surface area contributed by atoms with E-state index >= 15 is 0 Å². The van der Waals surface area contributed by atoms with Gasteiger partial charge >= 0.3 is 0 Å². The summed E-state index contributed by atoms with van der Waals surface area (Å²) in [6.45, 7) is 5.34. The molecule has 1 aromatic rings. The fourth-order valence-electron chi connectivity index (χ4n) is 1.43. The van der Waals surface area contributed by atoms with Gasteiger partial charge in [0.2, 0.25) is 0 Å². The number of hydrogen-bond acceptors (Lipinski definition) is 3. The van der Waals surface area contributed by atoms with E-state index < -0.39 is 0 Å². The second-order valence-corrected chi connectivity index (χ2v) is 3.54. The Morgan fingerprint density at radius 1 is 1.44 bits per heavy atom. The SMILES string of the molecule is CCOCCCNCc1cccc(C#N)c1. The Hall–Kier alpha value is -1.37. The van der Waals surface area contributed by atoms with Crippen LogP contribution in [0.25, 0.3) is 0 Å². The van der Waals surface area contributed by atoms with Crippen molar-refractivity contribution in [2.75, 3.05) is 19.8 Å². The molecule has 0 atom stereocenters. The number of nitrogens with zero attached hydrogens (tertiary/aromatic N) is 1. The highest BCUT2D eigenvalue weighted by Crippen LogP contribution is 2.03. The number of hydrogen-bond donors (Lipinski definition) is 1. The van der Waals surface area contributed by atoms with Crippen molar-refractivity contribution in [3.63, 3.8) is 0 Å². The molecule has 0 aromatic heterocycles. The lowest BCUT2D eigenvalue weighted by atomic mass is 10.1. The van der Waals surface area contributed by atoms with Crippen LogP contribution >= 0.6 is 0 Å². The molecule has 0 fully saturated rings. The van der Waals surface area contributed by atoms with E-state index in [1.807, 2.05) is 31.2 Å². The molecule has 0 amide bonds. The minimum atomic E-state index is 0.716. The molecule has 16 heavy (non-hydrogen) atoms. The molecule has 3 nitrogen and oxygen atoms in total. The van der Waals surface area contributed by atoms with Crippen LogP contribution < -0.4 is 5.32 Å². The third kappa shape index (κ3) is 4.92. The van der Waals surface area contributed by atoms with Gasteiger partial charge in [-0.15, -0.1) is 0 Å². The Morgan fingerprint density at radius 2 is 2.31 bits per heavy atom. The highest BCUT2D eigenvalue weighted by Gasteiger charge is 1.94. The van der Waals surface area contributed by atoms with Gasteiger partial charge in [0.05, 0.1) is 11.6 Å². The number of ether oxygens (including phenoxy) is 1. The lowest BCUT2D eigenvalue weighted by Crippen LogP contribution is -2.16. The Morgan fingerprint density at radius 3 is 3.06 bits per heavy atom. The van der Waals surface area contributed by atoms with Crippen molar-refractivity contribution >= 4 is 0 Å². The maximum absolute atomic E-state index is 8.74. The lowest BCUT2D eigenvalue weighted by Gasteiger charge is -2.05. The van der Waals surface area contributed by atoms with Gasteiger partial charge in [-0.05, 0) is 37.6 Å². The highest BCUT2D eigenvalue weighted by molar-refractivity contribution is 5.32. The zero-order valence-electron chi connectivity index (χ0n) is 9.70. The number of rotatable bonds is 7. The van der Waals surface area contributed by atoms with Crippen LogP contribution in [0, 0.1) is 11.3 Å². The van der Waals surface area contributed by atoms with E-state index in [9.17, 15) is 0 Å². The zero-order valence-corrected chi connectivity index (χ0v) is 9.70. The predicted molar refractivity (Wildman–Crippen MR) is 64.0 cm³/mol. The van der Waals surface area contributed by atoms with Crippen LogP contribution in [0.3, 0.4) is 0 Å². The van der Waals surface area contributed by atoms with E-state index in [1.54, 1.807) is 0 Å². The minimum Gasteiger partial charge on any atom is -0.382 e. The van der Waals surface area contributed by atoms with Gasteiger partial charge in [0, 0.05) is 19.8 Å². The summed E-state index contributed by atoms with van der Waals surface area (Å²) in [5.41, 5.74) is 1.86. The zero-order chi connectivity index (χ0) is 11.6. The monoisotopic (exact) mass is 218 g/mol. The van der Waals surface area contributed by atoms with Gasteiger partial charge in [-0.1, -0.05) is 12.1 Å². The van der Waals surface area contributed by atoms with Crippen LogP contribution in [0.4, 0.5) is 0 Å². The van der Waals surface area contributed by atoms with Crippen molar-refractivity contribution in [3.8, 4) is 6.07 Å². The molecule has 3 heteroatoms. The van der Waals surface area contributed by atoms with Gasteiger partial charge in [0.1, 0.15) is 0 Å². The molecule has 0 saturated carbocycles. The molecule has 1 N–H and O–H groups in total. The molecule has 0 radical (unpaired) electrons. The standard InChI is InChI=1S/C13H18N2O/c1-2-16-8-4-7-15-11-13-6-3-5-12(9-13)10-14/h3,5-6,9,15H,2,4,7-8,11H2,1H3. The van der Waals surface area contributed by atoms with E-state index in [-0.39, 0.29) is 0 Å². The van der Waals surface area contributed by atoms with Crippen LogP contribution in [-0.4, -0.2) is 19.8 Å². The third-order valence-electron chi connectivity index (χ3n) is 2.23. The normalized spacial score (nSPS) is 10.0. The molecule has 1 aromatic carbocycles. The van der Waals surface area contributed by atoms with Crippen LogP contribution in [0.1, 0.15) is 24.5 Å². The van der Waals surface area contributed by atoms with E-state index in [0.717, 1.165) is 38.3 Å². The highest BCUT2D eigenvalue weighted by atomic mass is 16.5. The molecule has 0 aliphatic heterocycles. The van der Waals surface area contributed by atoms with E-state index in [0.29, 0.717) is 5.56 Å². The second-order valence-electron chi connectivity index (χ2n) is 3.54. The van der Waals surface area contributed by atoms with Crippen molar-refractivity contribution in [2.45, 2.75) is 19.9 Å². The summed E-state index contributed by atoms with van der Waals surface area (Å²) < 4.78 is 5.24. The van der Waals surface area contributed by atoms with Gasteiger partial charge in [-0.3, -0.25) is 0 Å². The Kier molecular flexibility index (Phi) is 6.24. The van der Waals surface area contributed by atoms with Gasteiger partial charge < -0.3 is 10.1 Å². The molecule has 0 bridgehead atoms. The largest absolute Gasteiger partial charge is 0.382 e. The summed E-state index contributed by atoms with van der Waals surface area (Å²) in [6, 6.07) is 9.80. The molecule has 1 rings (SSSR count). The van der Waals surface area contributed by atoms with Gasteiger partial charge in [-0.25, -0.2) is 0 Å². The van der Waals surface area contributed by atoms with Crippen molar-refractivity contribution in [3.05, 3.63) is 35.4 Å². The van der Waals surface area contributed by atoms with Crippen molar-refractivity contribution in [1.82, 2.24) is 5.32 Å². The smallest absolute Gasteiger partial charge is 0.0991 e. The summed E-state index contributed by atoms with van der Waals surface area (Å²) in [4.78, 5) is 0. The molecular formula is C13H18N2O. The average molecular weight is 218 g/mol. The maximum atomic E-state index is 8.74. The van der Waals surface area contributed by atoms with Crippen molar-refractivity contribution in [1.29, 1.82) is 5.26 Å². The molecule has 0 aliphatic rings. The fourth-order valence-corrected chi connectivity index (χ4v) is 1.43. The first kappa shape index (κ1) is 12.7. The Labute approximate surface area is 97.0 Å². The molecule has 0 heterocycles. The first-order valence-electron chi connectivity index (χ1n) is 5.64. The fraction of sp³-hybridized carbons (Fsp3) is 0.462. The molecule has 0 spiro atoms. The van der Waals surface area contributed by atoms with Gasteiger partial charge in [0.25, 0.3) is 0 Å². The summed E-state index contributed by atoms with van der Waals surface area (Å²) in [6.07, 6.45) is 1.02. The van der Waals surface area contributed by atoms with Crippen molar-refractivity contribution < 1.29 is 4.74 Å². The van der Waals surface area contributed by atoms with Crippen LogP contribution in [0.2, 0.25) is 0 Å². The summed E-state index contributed by atoms with van der Waals surface area (Å²) in [5.74, 6) is 0. The minimum absolute atomic E-state index is 0.716. The lowest BCUT2D eigenvalue weighted by molar-refractivity contribution is 0.144. The van der Waals surface area contributed by atoms with E-state index in [4.69, 9.17) is 10.00 Å². The number of nitrogens with one attached hydrogen (secondary N) is 1. The predicted octanol–water partition coefficient (Wildman–Crippen LogP) is 2.07. The van der Waals surface area contributed by atoms with E-state index in [1.165, 1.54) is 0 Å². The van der Waals surface area contributed by atoms with Crippen LogP contribution in [-0.2, 0) is 11.3 Å². The second kappa shape index (κ2) is 7.86.